The number of carbonyl (C=O) groups excluding carboxylic acids is 1. The van der Waals surface area contributed by atoms with Crippen LogP contribution in [0.25, 0.3) is 33.4 Å². The van der Waals surface area contributed by atoms with E-state index in [9.17, 15) is 20.1 Å². The lowest BCUT2D eigenvalue weighted by Gasteiger charge is -2.16. The number of furan rings is 1. The van der Waals surface area contributed by atoms with Crippen LogP contribution in [-0.2, 0) is 0 Å². The highest BCUT2D eigenvalue weighted by molar-refractivity contribution is 6.27. The molecule has 0 spiro atoms. The van der Waals surface area contributed by atoms with Crippen LogP contribution in [0.15, 0.2) is 59.0 Å². The molecule has 0 amide bonds. The van der Waals surface area contributed by atoms with Gasteiger partial charge in [0.2, 0.25) is 0 Å². The van der Waals surface area contributed by atoms with Gasteiger partial charge in [0.1, 0.15) is 28.6 Å². The van der Waals surface area contributed by atoms with Crippen LogP contribution in [-0.4, -0.2) is 21.1 Å². The Bertz CT molecular complexity index is 1220. The van der Waals surface area contributed by atoms with Crippen molar-refractivity contribution in [3.05, 3.63) is 65.7 Å². The summed E-state index contributed by atoms with van der Waals surface area (Å²) in [7, 11) is 0. The van der Waals surface area contributed by atoms with E-state index in [-0.39, 0.29) is 23.0 Å². The molecule has 1 aliphatic carbocycles. The Balaban J connectivity index is 1.94. The molecule has 5 rings (SSSR count). The Labute approximate surface area is 147 Å². The zero-order valence-electron chi connectivity index (χ0n) is 13.4. The number of aromatic hydroxyl groups is 3. The molecule has 0 atom stereocenters. The van der Waals surface area contributed by atoms with Gasteiger partial charge in [-0.25, -0.2) is 0 Å². The number of ketones is 1. The molecule has 3 aromatic carbocycles. The Morgan fingerprint density at radius 2 is 1.38 bits per heavy atom. The smallest absolute Gasteiger partial charge is 0.194 e. The van der Waals surface area contributed by atoms with Crippen LogP contribution < -0.4 is 0 Å². The maximum Gasteiger partial charge on any atom is 0.194 e. The first-order valence-corrected chi connectivity index (χ1v) is 8.00. The summed E-state index contributed by atoms with van der Waals surface area (Å²) in [5, 5.41) is 30.0. The Morgan fingerprint density at radius 3 is 2.15 bits per heavy atom. The van der Waals surface area contributed by atoms with E-state index in [1.807, 2.05) is 0 Å². The topological polar surface area (TPSA) is 90.9 Å². The average molecular weight is 344 g/mol. The van der Waals surface area contributed by atoms with Gasteiger partial charge >= 0.3 is 0 Å². The SMILES string of the molecule is O=C1c2cc(O)ccc2-c2c(-c3ccc(O)cc3)oc3cc(O)cc1c23. The van der Waals surface area contributed by atoms with E-state index in [1.54, 1.807) is 30.3 Å². The molecule has 0 fully saturated rings. The molecule has 4 aromatic rings. The standard InChI is InChI=1S/C21H12O5/c22-11-3-1-10(2-4-11)21-19-14-6-5-12(23)7-15(14)20(25)16-8-13(24)9-17(26-21)18(16)19/h1-9,22-24H. The molecule has 0 aliphatic heterocycles. The van der Waals surface area contributed by atoms with Gasteiger partial charge in [-0.2, -0.15) is 0 Å². The minimum absolute atomic E-state index is 0.00775. The van der Waals surface area contributed by atoms with E-state index in [2.05, 4.69) is 0 Å². The van der Waals surface area contributed by atoms with E-state index in [4.69, 9.17) is 4.42 Å². The van der Waals surface area contributed by atoms with Crippen LogP contribution in [0, 0.1) is 0 Å². The fraction of sp³-hybridized carbons (Fsp3) is 0. The molecule has 3 N–H and O–H groups in total. The van der Waals surface area contributed by atoms with Gasteiger partial charge < -0.3 is 19.7 Å². The van der Waals surface area contributed by atoms with Crippen LogP contribution in [0.5, 0.6) is 17.2 Å². The van der Waals surface area contributed by atoms with Gasteiger partial charge in [-0.15, -0.1) is 0 Å². The minimum atomic E-state index is -0.276. The number of phenolic OH excluding ortho intramolecular Hbond substituents is 3. The maximum atomic E-state index is 12.9. The summed E-state index contributed by atoms with van der Waals surface area (Å²) in [6.07, 6.45) is 0. The third kappa shape index (κ3) is 1.88. The third-order valence-corrected chi connectivity index (χ3v) is 4.67. The van der Waals surface area contributed by atoms with Crippen molar-refractivity contribution < 1.29 is 24.5 Å². The summed E-state index contributed by atoms with van der Waals surface area (Å²) in [5.41, 5.74) is 3.22. The zero-order chi connectivity index (χ0) is 18.0. The van der Waals surface area contributed by atoms with E-state index in [1.165, 1.54) is 24.3 Å². The van der Waals surface area contributed by atoms with Gasteiger partial charge in [0.15, 0.2) is 5.78 Å². The molecule has 5 heteroatoms. The van der Waals surface area contributed by atoms with Crippen molar-refractivity contribution in [2.45, 2.75) is 0 Å². The maximum absolute atomic E-state index is 12.9. The van der Waals surface area contributed by atoms with Gasteiger partial charge in [-0.3, -0.25) is 4.79 Å². The van der Waals surface area contributed by atoms with E-state index >= 15 is 0 Å². The van der Waals surface area contributed by atoms with Crippen molar-refractivity contribution in [3.8, 4) is 39.7 Å². The van der Waals surface area contributed by atoms with Gasteiger partial charge in [0, 0.05) is 33.7 Å². The highest BCUT2D eigenvalue weighted by Crippen LogP contribution is 2.48. The predicted octanol–water partition coefficient (Wildman–Crippen LogP) is 4.43. The van der Waals surface area contributed by atoms with Crippen molar-refractivity contribution >= 4 is 16.8 Å². The fourth-order valence-electron chi connectivity index (χ4n) is 3.55. The summed E-state index contributed by atoms with van der Waals surface area (Å²) in [6.45, 7) is 0. The molecule has 126 valence electrons. The number of hydrogen-bond acceptors (Lipinski definition) is 5. The highest BCUT2D eigenvalue weighted by Gasteiger charge is 2.31. The largest absolute Gasteiger partial charge is 0.508 e. The molecule has 0 saturated heterocycles. The lowest BCUT2D eigenvalue weighted by molar-refractivity contribution is 0.103. The lowest BCUT2D eigenvalue weighted by Crippen LogP contribution is -2.08. The second-order valence-corrected chi connectivity index (χ2v) is 6.28. The van der Waals surface area contributed by atoms with Crippen LogP contribution in [0.4, 0.5) is 0 Å². The first-order valence-electron chi connectivity index (χ1n) is 8.00. The van der Waals surface area contributed by atoms with E-state index in [0.29, 0.717) is 33.4 Å². The quantitative estimate of drug-likeness (QED) is 0.418. The van der Waals surface area contributed by atoms with Gasteiger partial charge in [-0.05, 0) is 54.1 Å². The minimum Gasteiger partial charge on any atom is -0.508 e. The van der Waals surface area contributed by atoms with E-state index in [0.717, 1.165) is 11.1 Å². The zero-order valence-corrected chi connectivity index (χ0v) is 13.4. The number of phenols is 3. The average Bonchev–Trinajstić information content (AvgIpc) is 2.99. The number of hydrogen-bond donors (Lipinski definition) is 3. The monoisotopic (exact) mass is 344 g/mol. The van der Waals surface area contributed by atoms with Gasteiger partial charge in [0.05, 0.1) is 0 Å². The van der Waals surface area contributed by atoms with Crippen molar-refractivity contribution in [1.82, 2.24) is 0 Å². The van der Waals surface area contributed by atoms with Crippen molar-refractivity contribution in [3.63, 3.8) is 0 Å². The van der Waals surface area contributed by atoms with Crippen LogP contribution >= 0.6 is 0 Å². The Hall–Kier alpha value is -3.73. The van der Waals surface area contributed by atoms with Gasteiger partial charge in [0.25, 0.3) is 0 Å². The number of fused-ring (bicyclic) bond motifs is 2. The molecule has 26 heavy (non-hydrogen) atoms. The summed E-state index contributed by atoms with van der Waals surface area (Å²) >= 11 is 0. The highest BCUT2D eigenvalue weighted by atomic mass is 16.3. The summed E-state index contributed by atoms with van der Waals surface area (Å²) < 4.78 is 6.00. The molecule has 0 unspecified atom stereocenters. The molecule has 5 nitrogen and oxygen atoms in total. The lowest BCUT2D eigenvalue weighted by atomic mass is 9.83. The molecule has 0 saturated carbocycles. The summed E-state index contributed by atoms with van der Waals surface area (Å²) in [4.78, 5) is 12.9. The second kappa shape index (κ2) is 4.89. The molecule has 1 heterocycles. The first-order chi connectivity index (χ1) is 12.5. The Kier molecular flexibility index (Phi) is 2.75. The molecular formula is C21H12O5. The Morgan fingerprint density at radius 1 is 0.692 bits per heavy atom. The summed E-state index contributed by atoms with van der Waals surface area (Å²) in [6, 6.07) is 14.1. The molecule has 0 radical (unpaired) electrons. The number of benzene rings is 3. The van der Waals surface area contributed by atoms with Crippen LogP contribution in [0.2, 0.25) is 0 Å². The molecule has 1 aliphatic rings. The van der Waals surface area contributed by atoms with Crippen LogP contribution in [0.3, 0.4) is 0 Å². The third-order valence-electron chi connectivity index (χ3n) is 4.67. The molecule has 0 bridgehead atoms. The predicted molar refractivity (Wildman–Crippen MR) is 95.5 cm³/mol. The number of rotatable bonds is 1. The van der Waals surface area contributed by atoms with Crippen molar-refractivity contribution in [2.75, 3.05) is 0 Å². The number of carbonyl (C=O) groups is 1. The summed E-state index contributed by atoms with van der Waals surface area (Å²) in [5.74, 6) is 0.319. The normalized spacial score (nSPS) is 12.4. The van der Waals surface area contributed by atoms with Crippen LogP contribution in [0.1, 0.15) is 15.9 Å². The van der Waals surface area contributed by atoms with Gasteiger partial charge in [-0.1, -0.05) is 0 Å². The van der Waals surface area contributed by atoms with Crippen molar-refractivity contribution in [1.29, 1.82) is 0 Å². The fourth-order valence-corrected chi connectivity index (χ4v) is 3.55. The van der Waals surface area contributed by atoms with Crippen molar-refractivity contribution in [2.24, 2.45) is 0 Å². The molecule has 1 aromatic heterocycles. The molecular weight excluding hydrogens is 332 g/mol. The second-order valence-electron chi connectivity index (χ2n) is 6.28. The first kappa shape index (κ1) is 14.6. The van der Waals surface area contributed by atoms with E-state index < -0.39 is 0 Å².